The van der Waals surface area contributed by atoms with Crippen molar-refractivity contribution in [1.82, 2.24) is 0 Å². The van der Waals surface area contributed by atoms with E-state index in [2.05, 4.69) is 5.32 Å². The highest BCUT2D eigenvalue weighted by molar-refractivity contribution is 7.17. The molecule has 0 spiro atoms. The molecule has 0 radical (unpaired) electrons. The summed E-state index contributed by atoms with van der Waals surface area (Å²) >= 11 is 1.40. The molecule has 1 saturated carbocycles. The summed E-state index contributed by atoms with van der Waals surface area (Å²) in [6, 6.07) is 0. The lowest BCUT2D eigenvalue weighted by atomic mass is 9.86. The minimum absolute atomic E-state index is 0.0574. The number of rotatable bonds is 5. The fraction of sp³-hybridized carbons (Fsp3) is 0.562. The quantitative estimate of drug-likeness (QED) is 0.804. The molecule has 1 aromatic heterocycles. The van der Waals surface area contributed by atoms with Crippen LogP contribution in [0.1, 0.15) is 52.9 Å². The van der Waals surface area contributed by atoms with Gasteiger partial charge >= 0.3 is 5.97 Å². The topological polar surface area (TPSA) is 98.5 Å². The summed E-state index contributed by atoms with van der Waals surface area (Å²) in [5, 5.41) is 3.16. The van der Waals surface area contributed by atoms with E-state index in [4.69, 9.17) is 10.5 Å². The van der Waals surface area contributed by atoms with E-state index in [0.29, 0.717) is 10.6 Å². The van der Waals surface area contributed by atoms with Crippen LogP contribution in [0.4, 0.5) is 5.00 Å². The van der Waals surface area contributed by atoms with E-state index in [0.717, 1.165) is 55.4 Å². The highest BCUT2D eigenvalue weighted by Gasteiger charge is 2.28. The third-order valence-electron chi connectivity index (χ3n) is 4.45. The van der Waals surface area contributed by atoms with Gasteiger partial charge in [-0.05, 0) is 44.1 Å². The predicted molar refractivity (Wildman–Crippen MR) is 86.4 cm³/mol. The SMILES string of the molecule is NC(=O)c1c(NC(=O)COC(=O)C2CCC2)sc2c1CCCC2. The molecule has 7 heteroatoms. The summed E-state index contributed by atoms with van der Waals surface area (Å²) in [5.74, 6) is -1.32. The van der Waals surface area contributed by atoms with Crippen molar-refractivity contribution in [2.75, 3.05) is 11.9 Å². The number of nitrogens with one attached hydrogen (secondary N) is 1. The van der Waals surface area contributed by atoms with Crippen molar-refractivity contribution < 1.29 is 19.1 Å². The van der Waals surface area contributed by atoms with Crippen LogP contribution in [0.2, 0.25) is 0 Å². The molecule has 124 valence electrons. The summed E-state index contributed by atoms with van der Waals surface area (Å²) in [5.41, 5.74) is 6.87. The first-order chi connectivity index (χ1) is 11.1. The lowest BCUT2D eigenvalue weighted by molar-refractivity contribution is -0.154. The Morgan fingerprint density at radius 1 is 1.17 bits per heavy atom. The molecule has 1 aromatic rings. The van der Waals surface area contributed by atoms with Gasteiger partial charge in [0.25, 0.3) is 11.8 Å². The van der Waals surface area contributed by atoms with Crippen LogP contribution in [-0.2, 0) is 27.2 Å². The molecule has 2 aliphatic carbocycles. The maximum atomic E-state index is 12.0. The first-order valence-electron chi connectivity index (χ1n) is 7.97. The fourth-order valence-electron chi connectivity index (χ4n) is 2.98. The van der Waals surface area contributed by atoms with Gasteiger partial charge in [-0.2, -0.15) is 0 Å². The zero-order valence-electron chi connectivity index (χ0n) is 12.9. The average molecular weight is 336 g/mol. The zero-order chi connectivity index (χ0) is 16.4. The average Bonchev–Trinajstić information content (AvgIpc) is 2.81. The second-order valence-electron chi connectivity index (χ2n) is 6.06. The number of fused-ring (bicyclic) bond motifs is 1. The van der Waals surface area contributed by atoms with Gasteiger partial charge in [-0.15, -0.1) is 11.3 Å². The third kappa shape index (κ3) is 3.39. The molecule has 6 nitrogen and oxygen atoms in total. The summed E-state index contributed by atoms with van der Waals surface area (Å²) in [6.45, 7) is -0.323. The molecule has 0 saturated heterocycles. The monoisotopic (exact) mass is 336 g/mol. The number of hydrogen-bond donors (Lipinski definition) is 2. The number of carbonyl (C=O) groups is 3. The smallest absolute Gasteiger partial charge is 0.309 e. The number of nitrogens with two attached hydrogens (primary N) is 1. The highest BCUT2D eigenvalue weighted by atomic mass is 32.1. The van der Waals surface area contributed by atoms with Gasteiger partial charge < -0.3 is 15.8 Å². The number of thiophene rings is 1. The fourth-order valence-corrected chi connectivity index (χ4v) is 4.29. The predicted octanol–water partition coefficient (Wildman–Crippen LogP) is 2.01. The Hall–Kier alpha value is -1.89. The second-order valence-corrected chi connectivity index (χ2v) is 7.17. The first-order valence-corrected chi connectivity index (χ1v) is 8.78. The zero-order valence-corrected chi connectivity index (χ0v) is 13.7. The van der Waals surface area contributed by atoms with Crippen molar-refractivity contribution in [1.29, 1.82) is 0 Å². The Bertz CT molecular complexity index is 649. The standard InChI is InChI=1S/C16H20N2O4S/c17-14(20)13-10-6-1-2-7-11(10)23-15(13)18-12(19)8-22-16(21)9-4-3-5-9/h9H,1-8H2,(H2,17,20)(H,18,19). The van der Waals surface area contributed by atoms with Gasteiger partial charge in [0.1, 0.15) is 5.00 Å². The molecule has 2 aliphatic rings. The number of amides is 2. The Balaban J connectivity index is 1.64. The van der Waals surface area contributed by atoms with Gasteiger partial charge in [-0.1, -0.05) is 6.42 Å². The highest BCUT2D eigenvalue weighted by Crippen LogP contribution is 2.37. The van der Waals surface area contributed by atoms with Crippen molar-refractivity contribution in [3.05, 3.63) is 16.0 Å². The van der Waals surface area contributed by atoms with Gasteiger partial charge in [0.2, 0.25) is 0 Å². The third-order valence-corrected chi connectivity index (χ3v) is 5.66. The lowest BCUT2D eigenvalue weighted by Crippen LogP contribution is -2.28. The molecule has 0 atom stereocenters. The minimum atomic E-state index is -0.522. The van der Waals surface area contributed by atoms with Crippen LogP contribution < -0.4 is 11.1 Å². The molecule has 1 heterocycles. The Morgan fingerprint density at radius 3 is 2.57 bits per heavy atom. The maximum Gasteiger partial charge on any atom is 0.309 e. The summed E-state index contributed by atoms with van der Waals surface area (Å²) in [7, 11) is 0. The number of hydrogen-bond acceptors (Lipinski definition) is 5. The van der Waals surface area contributed by atoms with E-state index >= 15 is 0 Å². The number of ether oxygens (including phenoxy) is 1. The van der Waals surface area contributed by atoms with E-state index in [-0.39, 0.29) is 18.5 Å². The maximum absolute atomic E-state index is 12.0. The van der Waals surface area contributed by atoms with Crippen LogP contribution >= 0.6 is 11.3 Å². The van der Waals surface area contributed by atoms with Crippen LogP contribution in [0.15, 0.2) is 0 Å². The summed E-state index contributed by atoms with van der Waals surface area (Å²) < 4.78 is 5.02. The molecular formula is C16H20N2O4S. The molecule has 0 unspecified atom stereocenters. The molecule has 23 heavy (non-hydrogen) atoms. The molecule has 1 fully saturated rings. The normalized spacial score (nSPS) is 17.0. The summed E-state index contributed by atoms with van der Waals surface area (Å²) in [4.78, 5) is 36.5. The van der Waals surface area contributed by atoms with E-state index in [1.165, 1.54) is 11.3 Å². The second kappa shape index (κ2) is 6.70. The molecule has 0 aromatic carbocycles. The van der Waals surface area contributed by atoms with Crippen LogP contribution in [0, 0.1) is 5.92 Å². The van der Waals surface area contributed by atoms with Crippen LogP contribution in [0.25, 0.3) is 0 Å². The Kier molecular flexibility index (Phi) is 4.66. The molecular weight excluding hydrogens is 316 g/mol. The van der Waals surface area contributed by atoms with Crippen LogP contribution in [0.3, 0.4) is 0 Å². The van der Waals surface area contributed by atoms with Crippen LogP contribution in [-0.4, -0.2) is 24.4 Å². The van der Waals surface area contributed by atoms with E-state index in [1.54, 1.807) is 0 Å². The van der Waals surface area contributed by atoms with Gasteiger partial charge in [0, 0.05) is 4.88 Å². The van der Waals surface area contributed by atoms with E-state index < -0.39 is 11.8 Å². The summed E-state index contributed by atoms with van der Waals surface area (Å²) in [6.07, 6.45) is 6.54. The molecule has 3 N–H and O–H groups in total. The van der Waals surface area contributed by atoms with Crippen molar-refractivity contribution in [2.24, 2.45) is 11.7 Å². The van der Waals surface area contributed by atoms with Crippen molar-refractivity contribution in [3.63, 3.8) is 0 Å². The number of aryl methyl sites for hydroxylation is 1. The molecule has 3 rings (SSSR count). The van der Waals surface area contributed by atoms with E-state index in [1.807, 2.05) is 0 Å². The van der Waals surface area contributed by atoms with Gasteiger partial charge in [-0.25, -0.2) is 0 Å². The number of anilines is 1. The first kappa shape index (κ1) is 16.0. The molecule has 0 bridgehead atoms. The number of primary amides is 1. The minimum Gasteiger partial charge on any atom is -0.455 e. The van der Waals surface area contributed by atoms with Crippen molar-refractivity contribution in [2.45, 2.75) is 44.9 Å². The van der Waals surface area contributed by atoms with Crippen LogP contribution in [0.5, 0.6) is 0 Å². The van der Waals surface area contributed by atoms with Gasteiger partial charge in [0.05, 0.1) is 11.5 Å². The lowest BCUT2D eigenvalue weighted by Gasteiger charge is -2.22. The largest absolute Gasteiger partial charge is 0.455 e. The molecule has 0 aliphatic heterocycles. The van der Waals surface area contributed by atoms with Gasteiger partial charge in [-0.3, -0.25) is 14.4 Å². The van der Waals surface area contributed by atoms with Crippen molar-refractivity contribution in [3.8, 4) is 0 Å². The Morgan fingerprint density at radius 2 is 1.91 bits per heavy atom. The van der Waals surface area contributed by atoms with E-state index in [9.17, 15) is 14.4 Å². The van der Waals surface area contributed by atoms with Crippen molar-refractivity contribution >= 4 is 34.1 Å². The van der Waals surface area contributed by atoms with Gasteiger partial charge in [0.15, 0.2) is 6.61 Å². The molecule has 2 amide bonds. The Labute approximate surface area is 138 Å². The number of carbonyl (C=O) groups excluding carboxylic acids is 3. The number of esters is 1.